The van der Waals surface area contributed by atoms with Crippen molar-refractivity contribution in [3.05, 3.63) is 62.0 Å². The van der Waals surface area contributed by atoms with Gasteiger partial charge < -0.3 is 10.5 Å². The van der Waals surface area contributed by atoms with Gasteiger partial charge in [-0.15, -0.1) is 0 Å². The Balaban J connectivity index is 1.99. The largest absolute Gasteiger partial charge is 0.485 e. The quantitative estimate of drug-likeness (QED) is 0.738. The first-order valence-corrected chi connectivity index (χ1v) is 7.76. The molecule has 0 saturated heterocycles. The minimum atomic E-state index is -0.176. The standard InChI is InChI=1S/C15H12BrCl2NO/c16-8-1-4-14-11(5-8)13(19)7-15(20-14)10-6-9(17)2-3-12(10)18/h1-6,13,15H,7,19H2/t13-,15?/m1/s1. The number of hydrogen-bond donors (Lipinski definition) is 1. The molecule has 0 bridgehead atoms. The van der Waals surface area contributed by atoms with E-state index in [1.807, 2.05) is 24.3 Å². The lowest BCUT2D eigenvalue weighted by Crippen LogP contribution is -2.24. The Kier molecular flexibility index (Phi) is 3.95. The van der Waals surface area contributed by atoms with Crippen molar-refractivity contribution in [2.75, 3.05) is 0 Å². The number of benzene rings is 2. The van der Waals surface area contributed by atoms with Crippen molar-refractivity contribution in [2.45, 2.75) is 18.6 Å². The first kappa shape index (κ1) is 14.2. The maximum Gasteiger partial charge on any atom is 0.127 e. The molecule has 0 fully saturated rings. The number of fused-ring (bicyclic) bond motifs is 1. The fourth-order valence-corrected chi connectivity index (χ4v) is 3.23. The number of hydrogen-bond acceptors (Lipinski definition) is 2. The minimum absolute atomic E-state index is 0.0868. The van der Waals surface area contributed by atoms with Gasteiger partial charge in [-0.25, -0.2) is 0 Å². The highest BCUT2D eigenvalue weighted by Gasteiger charge is 2.28. The van der Waals surface area contributed by atoms with E-state index in [2.05, 4.69) is 15.9 Å². The number of rotatable bonds is 1. The molecule has 2 aromatic carbocycles. The Bertz CT molecular complexity index is 662. The average Bonchev–Trinajstić information content (AvgIpc) is 2.42. The molecule has 0 aromatic heterocycles. The van der Waals surface area contributed by atoms with Crippen LogP contribution < -0.4 is 10.5 Å². The van der Waals surface area contributed by atoms with Crippen molar-refractivity contribution in [3.63, 3.8) is 0 Å². The lowest BCUT2D eigenvalue weighted by molar-refractivity contribution is 0.161. The van der Waals surface area contributed by atoms with Crippen LogP contribution >= 0.6 is 39.1 Å². The van der Waals surface area contributed by atoms with Gasteiger partial charge in [-0.3, -0.25) is 0 Å². The molecule has 0 amide bonds. The first-order valence-electron chi connectivity index (χ1n) is 6.21. The summed E-state index contributed by atoms with van der Waals surface area (Å²) in [5.41, 5.74) is 8.14. The fraction of sp³-hybridized carbons (Fsp3) is 0.200. The molecule has 0 saturated carbocycles. The van der Waals surface area contributed by atoms with Crippen LogP contribution in [-0.2, 0) is 0 Å². The Morgan fingerprint density at radius 3 is 2.70 bits per heavy atom. The van der Waals surface area contributed by atoms with Crippen molar-refractivity contribution in [2.24, 2.45) is 5.73 Å². The zero-order chi connectivity index (χ0) is 14.3. The average molecular weight is 373 g/mol. The van der Waals surface area contributed by atoms with Gasteiger partial charge in [0.25, 0.3) is 0 Å². The Morgan fingerprint density at radius 2 is 1.90 bits per heavy atom. The predicted octanol–water partition coefficient (Wildman–Crippen LogP) is 5.28. The van der Waals surface area contributed by atoms with Crippen LogP contribution in [0.2, 0.25) is 10.0 Å². The second-order valence-corrected chi connectivity index (χ2v) is 6.56. The molecule has 0 radical (unpaired) electrons. The second-order valence-electron chi connectivity index (χ2n) is 4.80. The molecule has 1 heterocycles. The normalized spacial score (nSPS) is 21.2. The third-order valence-electron chi connectivity index (χ3n) is 3.41. The van der Waals surface area contributed by atoms with Crippen LogP contribution in [0.4, 0.5) is 0 Å². The molecule has 0 spiro atoms. The lowest BCUT2D eigenvalue weighted by atomic mass is 9.93. The van der Waals surface area contributed by atoms with Gasteiger partial charge in [0.2, 0.25) is 0 Å². The fourth-order valence-electron chi connectivity index (χ4n) is 2.43. The van der Waals surface area contributed by atoms with Crippen molar-refractivity contribution in [1.82, 2.24) is 0 Å². The highest BCUT2D eigenvalue weighted by atomic mass is 79.9. The summed E-state index contributed by atoms with van der Waals surface area (Å²) in [5, 5.41) is 1.29. The number of ether oxygens (including phenoxy) is 1. The zero-order valence-corrected chi connectivity index (χ0v) is 13.5. The molecule has 1 aliphatic rings. The summed E-state index contributed by atoms with van der Waals surface area (Å²) in [5.74, 6) is 0.799. The van der Waals surface area contributed by atoms with Gasteiger partial charge in [-0.1, -0.05) is 39.1 Å². The highest BCUT2D eigenvalue weighted by Crippen LogP contribution is 2.42. The summed E-state index contributed by atoms with van der Waals surface area (Å²) in [6.45, 7) is 0. The molecule has 5 heteroatoms. The molecule has 3 rings (SSSR count). The van der Waals surface area contributed by atoms with E-state index in [9.17, 15) is 0 Å². The third kappa shape index (κ3) is 2.68. The van der Waals surface area contributed by atoms with Crippen molar-refractivity contribution in [1.29, 1.82) is 0 Å². The maximum atomic E-state index is 6.25. The summed E-state index contributed by atoms with van der Waals surface area (Å²) < 4.78 is 7.03. The van der Waals surface area contributed by atoms with Gasteiger partial charge in [0, 0.05) is 38.1 Å². The minimum Gasteiger partial charge on any atom is -0.485 e. The van der Waals surface area contributed by atoms with E-state index in [1.54, 1.807) is 12.1 Å². The Morgan fingerprint density at radius 1 is 1.10 bits per heavy atom. The third-order valence-corrected chi connectivity index (χ3v) is 4.49. The topological polar surface area (TPSA) is 35.2 Å². The molecule has 0 aliphatic carbocycles. The summed E-state index contributed by atoms with van der Waals surface area (Å²) in [4.78, 5) is 0. The van der Waals surface area contributed by atoms with Gasteiger partial charge in [0.15, 0.2) is 0 Å². The zero-order valence-electron chi connectivity index (χ0n) is 10.4. The van der Waals surface area contributed by atoms with Crippen LogP contribution in [0.15, 0.2) is 40.9 Å². The molecule has 2 aromatic rings. The molecule has 2 nitrogen and oxygen atoms in total. The van der Waals surface area contributed by atoms with E-state index in [0.717, 1.165) is 21.3 Å². The molecule has 2 atom stereocenters. The SMILES string of the molecule is N[C@@H]1CC(c2cc(Cl)ccc2Cl)Oc2ccc(Br)cc21. The molecular weight excluding hydrogens is 361 g/mol. The van der Waals surface area contributed by atoms with E-state index in [0.29, 0.717) is 16.5 Å². The smallest absolute Gasteiger partial charge is 0.127 e. The van der Waals surface area contributed by atoms with Crippen LogP contribution in [0.3, 0.4) is 0 Å². The van der Waals surface area contributed by atoms with Crippen LogP contribution in [0.25, 0.3) is 0 Å². The summed E-state index contributed by atoms with van der Waals surface area (Å²) >= 11 is 15.7. The number of nitrogens with two attached hydrogens (primary N) is 1. The molecule has 1 aliphatic heterocycles. The van der Waals surface area contributed by atoms with E-state index < -0.39 is 0 Å². The van der Waals surface area contributed by atoms with Crippen molar-refractivity contribution >= 4 is 39.1 Å². The monoisotopic (exact) mass is 371 g/mol. The van der Waals surface area contributed by atoms with Crippen LogP contribution in [0, 0.1) is 0 Å². The Hall–Kier alpha value is -0.740. The molecule has 1 unspecified atom stereocenters. The molecule has 20 heavy (non-hydrogen) atoms. The number of halogens is 3. The van der Waals surface area contributed by atoms with Gasteiger partial charge in [-0.2, -0.15) is 0 Å². The Labute approximate surface area is 136 Å². The van der Waals surface area contributed by atoms with Crippen molar-refractivity contribution < 1.29 is 4.74 Å². The van der Waals surface area contributed by atoms with E-state index in [1.165, 1.54) is 0 Å². The first-order chi connectivity index (χ1) is 9.54. The van der Waals surface area contributed by atoms with Gasteiger partial charge >= 0.3 is 0 Å². The summed E-state index contributed by atoms with van der Waals surface area (Å²) in [6, 6.07) is 11.2. The predicted molar refractivity (Wildman–Crippen MR) is 85.5 cm³/mol. The lowest BCUT2D eigenvalue weighted by Gasteiger charge is -2.31. The molecule has 104 valence electrons. The maximum absolute atomic E-state index is 6.25. The van der Waals surface area contributed by atoms with Crippen LogP contribution in [0.1, 0.15) is 29.7 Å². The van der Waals surface area contributed by atoms with E-state index in [4.69, 9.17) is 33.7 Å². The molecular formula is C15H12BrCl2NO. The van der Waals surface area contributed by atoms with Crippen LogP contribution in [-0.4, -0.2) is 0 Å². The summed E-state index contributed by atoms with van der Waals surface area (Å²) in [6.07, 6.45) is 0.494. The van der Waals surface area contributed by atoms with Crippen molar-refractivity contribution in [3.8, 4) is 5.75 Å². The van der Waals surface area contributed by atoms with Gasteiger partial charge in [0.1, 0.15) is 11.9 Å². The van der Waals surface area contributed by atoms with Gasteiger partial charge in [-0.05, 0) is 36.4 Å². The second kappa shape index (κ2) is 5.57. The highest BCUT2D eigenvalue weighted by molar-refractivity contribution is 9.10. The molecule has 2 N–H and O–H groups in total. The van der Waals surface area contributed by atoms with E-state index in [-0.39, 0.29) is 12.1 Å². The summed E-state index contributed by atoms with van der Waals surface area (Å²) in [7, 11) is 0. The van der Waals surface area contributed by atoms with Gasteiger partial charge in [0.05, 0.1) is 0 Å². The van der Waals surface area contributed by atoms with Crippen LogP contribution in [0.5, 0.6) is 5.75 Å². The van der Waals surface area contributed by atoms with E-state index >= 15 is 0 Å².